The maximum Gasteiger partial charge on any atom is 0.335 e. The van der Waals surface area contributed by atoms with Gasteiger partial charge < -0.3 is 5.11 Å². The number of aromatic carboxylic acids is 1. The number of nitrogens with one attached hydrogen (secondary N) is 1. The summed E-state index contributed by atoms with van der Waals surface area (Å²) in [6.45, 7) is 1.54. The van der Waals surface area contributed by atoms with Crippen molar-refractivity contribution in [3.63, 3.8) is 0 Å². The molecule has 0 bridgehead atoms. The van der Waals surface area contributed by atoms with E-state index in [0.717, 1.165) is 18.3 Å². The smallest absolute Gasteiger partial charge is 0.335 e. The zero-order valence-corrected chi connectivity index (χ0v) is 11.7. The van der Waals surface area contributed by atoms with Crippen LogP contribution in [0.2, 0.25) is 0 Å². The third kappa shape index (κ3) is 3.34. The fraction of sp³-hybridized carbons (Fsp3) is 0.0769. The largest absolute Gasteiger partial charge is 0.478 e. The van der Waals surface area contributed by atoms with E-state index in [0.29, 0.717) is 5.56 Å². The topological polar surface area (TPSA) is 96.4 Å². The number of halogens is 1. The van der Waals surface area contributed by atoms with Crippen LogP contribution < -0.4 is 4.72 Å². The van der Waals surface area contributed by atoms with Crippen LogP contribution in [0.3, 0.4) is 0 Å². The third-order valence-electron chi connectivity index (χ3n) is 2.70. The highest BCUT2D eigenvalue weighted by molar-refractivity contribution is 7.92. The van der Waals surface area contributed by atoms with Gasteiger partial charge in [0.1, 0.15) is 0 Å². The van der Waals surface area contributed by atoms with E-state index in [1.165, 1.54) is 18.2 Å². The van der Waals surface area contributed by atoms with E-state index in [9.17, 15) is 17.6 Å². The quantitative estimate of drug-likeness (QED) is 0.842. The molecule has 0 radical (unpaired) electrons. The van der Waals surface area contributed by atoms with Gasteiger partial charge >= 0.3 is 5.97 Å². The Morgan fingerprint density at radius 1 is 1.29 bits per heavy atom. The van der Waals surface area contributed by atoms with Crippen molar-refractivity contribution in [1.29, 1.82) is 0 Å². The zero-order chi connectivity index (χ0) is 15.6. The van der Waals surface area contributed by atoms with Crippen LogP contribution in [-0.4, -0.2) is 24.5 Å². The van der Waals surface area contributed by atoms with Gasteiger partial charge in [0, 0.05) is 0 Å². The van der Waals surface area contributed by atoms with Crippen molar-refractivity contribution in [3.8, 4) is 0 Å². The summed E-state index contributed by atoms with van der Waals surface area (Å²) in [7, 11) is -3.99. The van der Waals surface area contributed by atoms with E-state index in [2.05, 4.69) is 9.71 Å². The summed E-state index contributed by atoms with van der Waals surface area (Å²) in [5, 5.41) is 8.92. The number of carboxylic acids is 1. The molecule has 0 amide bonds. The molecule has 1 aromatic carbocycles. The van der Waals surface area contributed by atoms with Crippen LogP contribution in [-0.2, 0) is 10.0 Å². The summed E-state index contributed by atoms with van der Waals surface area (Å²) < 4.78 is 39.4. The standard InChI is InChI=1S/C13H11FN2O4S/c1-8-2-3-9(13(17)18)6-11(8)21(19,20)16-10-4-5-12(14)15-7-10/h2-7,16H,1H3,(H,17,18). The first-order valence-corrected chi connectivity index (χ1v) is 7.26. The van der Waals surface area contributed by atoms with Gasteiger partial charge in [-0.15, -0.1) is 0 Å². The van der Waals surface area contributed by atoms with E-state index in [1.54, 1.807) is 6.92 Å². The number of rotatable bonds is 4. The lowest BCUT2D eigenvalue weighted by atomic mass is 10.1. The van der Waals surface area contributed by atoms with Crippen LogP contribution in [0.5, 0.6) is 0 Å². The molecule has 0 saturated carbocycles. The highest BCUT2D eigenvalue weighted by Crippen LogP contribution is 2.20. The number of pyridine rings is 1. The lowest BCUT2D eigenvalue weighted by Crippen LogP contribution is -2.15. The Labute approximate surface area is 120 Å². The molecule has 21 heavy (non-hydrogen) atoms. The number of benzene rings is 1. The van der Waals surface area contributed by atoms with Crippen molar-refractivity contribution < 1.29 is 22.7 Å². The maximum atomic E-state index is 12.7. The summed E-state index contributed by atoms with van der Waals surface area (Å²) in [5.41, 5.74) is 0.331. The minimum Gasteiger partial charge on any atom is -0.478 e. The number of carboxylic acid groups (broad SMARTS) is 1. The number of aryl methyl sites for hydroxylation is 1. The Hall–Kier alpha value is -2.48. The Bertz CT molecular complexity index is 788. The second kappa shape index (κ2) is 5.49. The van der Waals surface area contributed by atoms with Gasteiger partial charge in [0.25, 0.3) is 10.0 Å². The van der Waals surface area contributed by atoms with E-state index in [1.807, 2.05) is 0 Å². The predicted octanol–water partition coefficient (Wildman–Crippen LogP) is 2.03. The van der Waals surface area contributed by atoms with Gasteiger partial charge in [-0.3, -0.25) is 4.72 Å². The molecule has 110 valence electrons. The second-order valence-electron chi connectivity index (χ2n) is 4.26. The lowest BCUT2D eigenvalue weighted by molar-refractivity contribution is 0.0696. The average molecular weight is 310 g/mol. The summed E-state index contributed by atoms with van der Waals surface area (Å²) in [4.78, 5) is 14.1. The van der Waals surface area contributed by atoms with Crippen LogP contribution in [0.25, 0.3) is 0 Å². The van der Waals surface area contributed by atoms with E-state index >= 15 is 0 Å². The Morgan fingerprint density at radius 2 is 2.00 bits per heavy atom. The van der Waals surface area contributed by atoms with Gasteiger partial charge in [0.2, 0.25) is 5.95 Å². The average Bonchev–Trinajstić information content (AvgIpc) is 2.41. The van der Waals surface area contributed by atoms with Crippen molar-refractivity contribution in [2.45, 2.75) is 11.8 Å². The number of carbonyl (C=O) groups is 1. The van der Waals surface area contributed by atoms with Gasteiger partial charge in [-0.2, -0.15) is 4.39 Å². The van der Waals surface area contributed by atoms with Crippen molar-refractivity contribution in [1.82, 2.24) is 4.98 Å². The molecule has 6 nitrogen and oxygen atoms in total. The Kier molecular flexibility index (Phi) is 3.90. The molecule has 0 aliphatic carbocycles. The van der Waals surface area contributed by atoms with Crippen molar-refractivity contribution in [3.05, 3.63) is 53.6 Å². The van der Waals surface area contributed by atoms with E-state index in [-0.39, 0.29) is 16.1 Å². The number of hydrogen-bond donors (Lipinski definition) is 2. The normalized spacial score (nSPS) is 11.1. The fourth-order valence-electron chi connectivity index (χ4n) is 1.67. The third-order valence-corrected chi connectivity index (χ3v) is 4.23. The van der Waals surface area contributed by atoms with Crippen LogP contribution in [0.15, 0.2) is 41.4 Å². The molecule has 2 aromatic rings. The van der Waals surface area contributed by atoms with Crippen molar-refractivity contribution in [2.75, 3.05) is 4.72 Å². The molecular weight excluding hydrogens is 299 g/mol. The molecule has 1 aromatic heterocycles. The molecule has 2 N–H and O–H groups in total. The summed E-state index contributed by atoms with van der Waals surface area (Å²) in [6, 6.07) is 6.02. The first-order chi connectivity index (χ1) is 9.79. The minimum atomic E-state index is -3.99. The summed E-state index contributed by atoms with van der Waals surface area (Å²) >= 11 is 0. The number of hydrogen-bond acceptors (Lipinski definition) is 4. The van der Waals surface area contributed by atoms with Gasteiger partial charge in [0.15, 0.2) is 0 Å². The lowest BCUT2D eigenvalue weighted by Gasteiger charge is -2.10. The fourth-order valence-corrected chi connectivity index (χ4v) is 2.98. The van der Waals surface area contributed by atoms with Gasteiger partial charge in [0.05, 0.1) is 22.3 Å². The molecule has 0 spiro atoms. The molecular formula is C13H11FN2O4S. The molecule has 0 atom stereocenters. The molecule has 0 saturated heterocycles. The Morgan fingerprint density at radius 3 is 2.57 bits per heavy atom. The molecule has 1 heterocycles. The molecule has 8 heteroatoms. The predicted molar refractivity (Wildman–Crippen MR) is 73.1 cm³/mol. The molecule has 0 fully saturated rings. The molecule has 2 rings (SSSR count). The SMILES string of the molecule is Cc1ccc(C(=O)O)cc1S(=O)(=O)Nc1ccc(F)nc1. The molecule has 0 aliphatic heterocycles. The number of aromatic nitrogens is 1. The van der Waals surface area contributed by atoms with Gasteiger partial charge in [-0.05, 0) is 36.8 Å². The highest BCUT2D eigenvalue weighted by Gasteiger charge is 2.19. The number of anilines is 1. The minimum absolute atomic E-state index is 0.0801. The first-order valence-electron chi connectivity index (χ1n) is 5.78. The van der Waals surface area contributed by atoms with Gasteiger partial charge in [-0.25, -0.2) is 18.2 Å². The first kappa shape index (κ1) is 14.9. The summed E-state index contributed by atoms with van der Waals surface area (Å²) in [6.07, 6.45) is 1.03. The number of nitrogens with zero attached hydrogens (tertiary/aromatic N) is 1. The van der Waals surface area contributed by atoms with Crippen molar-refractivity contribution >= 4 is 21.7 Å². The van der Waals surface area contributed by atoms with E-state index in [4.69, 9.17) is 5.11 Å². The maximum absolute atomic E-state index is 12.7. The monoisotopic (exact) mass is 310 g/mol. The second-order valence-corrected chi connectivity index (χ2v) is 5.91. The number of sulfonamides is 1. The van der Waals surface area contributed by atoms with Crippen LogP contribution >= 0.6 is 0 Å². The van der Waals surface area contributed by atoms with Crippen molar-refractivity contribution in [2.24, 2.45) is 0 Å². The van der Waals surface area contributed by atoms with Crippen LogP contribution in [0.1, 0.15) is 15.9 Å². The van der Waals surface area contributed by atoms with Gasteiger partial charge in [-0.1, -0.05) is 6.07 Å². The van der Waals surface area contributed by atoms with E-state index < -0.39 is 21.9 Å². The van der Waals surface area contributed by atoms with Crippen LogP contribution in [0, 0.1) is 12.9 Å². The zero-order valence-electron chi connectivity index (χ0n) is 10.9. The summed E-state index contributed by atoms with van der Waals surface area (Å²) in [5.74, 6) is -1.96. The Balaban J connectivity index is 2.41. The molecule has 0 aliphatic rings. The highest BCUT2D eigenvalue weighted by atomic mass is 32.2. The molecule has 0 unspecified atom stereocenters. The van der Waals surface area contributed by atoms with Crippen LogP contribution in [0.4, 0.5) is 10.1 Å².